The van der Waals surface area contributed by atoms with E-state index in [0.717, 1.165) is 30.2 Å². The van der Waals surface area contributed by atoms with Gasteiger partial charge in [0, 0.05) is 30.4 Å². The zero-order valence-electron chi connectivity index (χ0n) is 17.7. The molecular weight excluding hydrogens is 378 g/mol. The summed E-state index contributed by atoms with van der Waals surface area (Å²) in [6.45, 7) is 7.37. The minimum Gasteiger partial charge on any atom is -0.378 e. The number of ether oxygens (including phenoxy) is 1. The minimum absolute atomic E-state index is 0.0136. The summed E-state index contributed by atoms with van der Waals surface area (Å²) in [5.41, 5.74) is 3.81. The lowest BCUT2D eigenvalue weighted by molar-refractivity contribution is 0.0726. The second-order valence-corrected chi connectivity index (χ2v) is 8.70. The average Bonchev–Trinajstić information content (AvgIpc) is 3.06. The van der Waals surface area contributed by atoms with Crippen molar-refractivity contribution >= 4 is 23.4 Å². The number of benzene rings is 1. The van der Waals surface area contributed by atoms with Gasteiger partial charge in [0.05, 0.1) is 19.8 Å². The Morgan fingerprint density at radius 3 is 2.47 bits per heavy atom. The fraction of sp³-hybridized carbons (Fsp3) is 0.522. The van der Waals surface area contributed by atoms with E-state index in [9.17, 15) is 4.79 Å². The third-order valence-corrected chi connectivity index (χ3v) is 6.45. The molecule has 7 nitrogen and oxygen atoms in total. The van der Waals surface area contributed by atoms with Gasteiger partial charge in [-0.1, -0.05) is 18.6 Å². The monoisotopic (exact) mass is 407 g/mol. The number of amides is 1. The van der Waals surface area contributed by atoms with E-state index in [0.29, 0.717) is 37.3 Å². The van der Waals surface area contributed by atoms with E-state index in [1.165, 1.54) is 24.8 Å². The standard InChI is InChI=1S/C23H29N5O2/c1-15(2)28-14-19-20(22(28)29)25-23(27-10-12-30-13-11-27)26-21(19)24-18-8-6-17(7-9-18)16-4-3-5-16/h6-9,15-16H,3-5,10-14H2,1-2H3,(H,24,25,26). The zero-order valence-corrected chi connectivity index (χ0v) is 17.7. The van der Waals surface area contributed by atoms with Gasteiger partial charge >= 0.3 is 0 Å². The van der Waals surface area contributed by atoms with Crippen LogP contribution in [-0.4, -0.2) is 53.1 Å². The first-order valence-electron chi connectivity index (χ1n) is 11.0. The first-order valence-corrected chi connectivity index (χ1v) is 11.0. The number of morpholine rings is 1. The molecule has 0 bridgehead atoms. The van der Waals surface area contributed by atoms with Gasteiger partial charge in [0.15, 0.2) is 0 Å². The van der Waals surface area contributed by atoms with Gasteiger partial charge in [-0.3, -0.25) is 4.79 Å². The molecule has 3 aliphatic rings. The quantitative estimate of drug-likeness (QED) is 0.815. The Morgan fingerprint density at radius 2 is 1.83 bits per heavy atom. The predicted octanol–water partition coefficient (Wildman–Crippen LogP) is 3.69. The van der Waals surface area contributed by atoms with E-state index in [2.05, 4.69) is 39.5 Å². The Balaban J connectivity index is 1.47. The Labute approximate surface area is 177 Å². The summed E-state index contributed by atoms with van der Waals surface area (Å²) in [5, 5.41) is 3.48. The van der Waals surface area contributed by atoms with E-state index in [4.69, 9.17) is 9.72 Å². The summed E-state index contributed by atoms with van der Waals surface area (Å²) >= 11 is 0. The Morgan fingerprint density at radius 1 is 1.10 bits per heavy atom. The van der Waals surface area contributed by atoms with Crippen LogP contribution in [0.1, 0.15) is 60.6 Å². The van der Waals surface area contributed by atoms with Gasteiger partial charge in [0.25, 0.3) is 5.91 Å². The van der Waals surface area contributed by atoms with Gasteiger partial charge in [-0.2, -0.15) is 4.98 Å². The van der Waals surface area contributed by atoms with Gasteiger partial charge in [0.1, 0.15) is 11.5 Å². The molecule has 1 aromatic heterocycles. The number of nitrogens with zero attached hydrogens (tertiary/aromatic N) is 4. The van der Waals surface area contributed by atoms with E-state index in [1.54, 1.807) is 0 Å². The summed E-state index contributed by atoms with van der Waals surface area (Å²) in [6.07, 6.45) is 3.92. The van der Waals surface area contributed by atoms with E-state index in [1.807, 2.05) is 18.7 Å². The molecule has 1 aliphatic carbocycles. The maximum Gasteiger partial charge on any atom is 0.273 e. The molecule has 7 heteroatoms. The maximum absolute atomic E-state index is 13.0. The topological polar surface area (TPSA) is 70.6 Å². The number of anilines is 3. The molecule has 1 saturated carbocycles. The average molecular weight is 408 g/mol. The van der Waals surface area contributed by atoms with Crippen LogP contribution in [0.2, 0.25) is 0 Å². The normalized spacial score (nSPS) is 19.2. The molecule has 5 rings (SSSR count). The minimum atomic E-state index is -0.0136. The van der Waals surface area contributed by atoms with Crippen molar-refractivity contribution in [3.05, 3.63) is 41.1 Å². The number of fused-ring (bicyclic) bond motifs is 1. The van der Waals surface area contributed by atoms with Crippen molar-refractivity contribution in [3.8, 4) is 0 Å². The molecule has 158 valence electrons. The molecule has 30 heavy (non-hydrogen) atoms. The van der Waals surface area contributed by atoms with Crippen LogP contribution in [0.3, 0.4) is 0 Å². The van der Waals surface area contributed by atoms with Gasteiger partial charge in [-0.15, -0.1) is 0 Å². The van der Waals surface area contributed by atoms with Crippen molar-refractivity contribution in [3.63, 3.8) is 0 Å². The molecule has 2 aliphatic heterocycles. The zero-order chi connectivity index (χ0) is 20.7. The van der Waals surface area contributed by atoms with Crippen molar-refractivity contribution < 1.29 is 9.53 Å². The highest BCUT2D eigenvalue weighted by atomic mass is 16.5. The molecule has 0 spiro atoms. The summed E-state index contributed by atoms with van der Waals surface area (Å²) in [6, 6.07) is 8.78. The van der Waals surface area contributed by atoms with Crippen LogP contribution in [0.25, 0.3) is 0 Å². The summed E-state index contributed by atoms with van der Waals surface area (Å²) in [4.78, 5) is 26.5. The third kappa shape index (κ3) is 3.51. The van der Waals surface area contributed by atoms with Crippen LogP contribution in [0.4, 0.5) is 17.5 Å². The number of carbonyl (C=O) groups excluding carboxylic acids is 1. The van der Waals surface area contributed by atoms with Gasteiger partial charge in [-0.25, -0.2) is 4.98 Å². The molecule has 1 amide bonds. The highest BCUT2D eigenvalue weighted by Crippen LogP contribution is 2.37. The molecule has 1 aromatic carbocycles. The lowest BCUT2D eigenvalue weighted by atomic mass is 9.80. The number of nitrogens with one attached hydrogen (secondary N) is 1. The molecule has 0 radical (unpaired) electrons. The second-order valence-electron chi connectivity index (χ2n) is 8.70. The SMILES string of the molecule is CC(C)N1Cc2c(Nc3ccc(C4CCC4)cc3)nc(N3CCOCC3)nc2C1=O. The fourth-order valence-corrected chi connectivity index (χ4v) is 4.32. The van der Waals surface area contributed by atoms with Crippen molar-refractivity contribution in [2.45, 2.75) is 51.6 Å². The van der Waals surface area contributed by atoms with Crippen LogP contribution in [0.5, 0.6) is 0 Å². The molecule has 1 N–H and O–H groups in total. The molecule has 2 aromatic rings. The Kier molecular flexibility index (Phi) is 5.06. The number of rotatable bonds is 5. The first kappa shape index (κ1) is 19.3. The van der Waals surface area contributed by atoms with E-state index in [-0.39, 0.29) is 11.9 Å². The van der Waals surface area contributed by atoms with Crippen molar-refractivity contribution in [2.24, 2.45) is 0 Å². The van der Waals surface area contributed by atoms with E-state index < -0.39 is 0 Å². The molecule has 3 heterocycles. The lowest BCUT2D eigenvalue weighted by Crippen LogP contribution is -2.37. The maximum atomic E-state index is 13.0. The number of carbonyl (C=O) groups is 1. The lowest BCUT2D eigenvalue weighted by Gasteiger charge is -2.27. The summed E-state index contributed by atoms with van der Waals surface area (Å²) in [7, 11) is 0. The van der Waals surface area contributed by atoms with Crippen LogP contribution < -0.4 is 10.2 Å². The summed E-state index contributed by atoms with van der Waals surface area (Å²) < 4.78 is 5.47. The highest BCUT2D eigenvalue weighted by molar-refractivity contribution is 5.98. The second kappa shape index (κ2) is 7.87. The van der Waals surface area contributed by atoms with Crippen LogP contribution in [0.15, 0.2) is 24.3 Å². The van der Waals surface area contributed by atoms with Crippen molar-refractivity contribution in [1.29, 1.82) is 0 Å². The number of hydrogen-bond donors (Lipinski definition) is 1. The highest BCUT2D eigenvalue weighted by Gasteiger charge is 2.35. The van der Waals surface area contributed by atoms with Crippen molar-refractivity contribution in [1.82, 2.24) is 14.9 Å². The Hall–Kier alpha value is -2.67. The third-order valence-electron chi connectivity index (χ3n) is 6.45. The van der Waals surface area contributed by atoms with Crippen LogP contribution in [-0.2, 0) is 11.3 Å². The number of hydrogen-bond acceptors (Lipinski definition) is 6. The van der Waals surface area contributed by atoms with Gasteiger partial charge in [-0.05, 0) is 50.3 Å². The smallest absolute Gasteiger partial charge is 0.273 e. The molecule has 0 atom stereocenters. The van der Waals surface area contributed by atoms with Crippen LogP contribution >= 0.6 is 0 Å². The van der Waals surface area contributed by atoms with Crippen molar-refractivity contribution in [2.75, 3.05) is 36.5 Å². The van der Waals surface area contributed by atoms with Gasteiger partial charge in [0.2, 0.25) is 5.95 Å². The molecule has 1 saturated heterocycles. The predicted molar refractivity (Wildman–Crippen MR) is 116 cm³/mol. The Bertz CT molecular complexity index is 933. The largest absolute Gasteiger partial charge is 0.378 e. The number of aromatic nitrogens is 2. The van der Waals surface area contributed by atoms with Crippen LogP contribution in [0, 0.1) is 0 Å². The van der Waals surface area contributed by atoms with Gasteiger partial charge < -0.3 is 19.9 Å². The fourth-order valence-electron chi connectivity index (χ4n) is 4.32. The molecule has 2 fully saturated rings. The molecular formula is C23H29N5O2. The summed E-state index contributed by atoms with van der Waals surface area (Å²) in [5.74, 6) is 2.03. The first-order chi connectivity index (χ1) is 14.6. The van der Waals surface area contributed by atoms with E-state index >= 15 is 0 Å². The molecule has 0 unspecified atom stereocenters.